The lowest BCUT2D eigenvalue weighted by Crippen LogP contribution is -2.38. The molecule has 0 atom stereocenters. The molecule has 0 bridgehead atoms. The number of urea groups is 1. The first-order valence-electron chi connectivity index (χ1n) is 7.53. The maximum absolute atomic E-state index is 12.6. The van der Waals surface area contributed by atoms with E-state index in [4.69, 9.17) is 16.0 Å². The van der Waals surface area contributed by atoms with Crippen LogP contribution in [0.5, 0.6) is 0 Å². The highest BCUT2D eigenvalue weighted by atomic mass is 35.5. The second-order valence-electron chi connectivity index (χ2n) is 5.30. The number of nitrogens with zero attached hydrogens (tertiary/aromatic N) is 1. The third-order valence-corrected chi connectivity index (χ3v) is 4.61. The van der Waals surface area contributed by atoms with Crippen molar-refractivity contribution >= 4 is 29.0 Å². The molecule has 0 saturated carbocycles. The number of halogens is 1. The summed E-state index contributed by atoms with van der Waals surface area (Å²) < 4.78 is 5.38. The largest absolute Gasteiger partial charge is 0.467 e. The van der Waals surface area contributed by atoms with E-state index in [1.807, 2.05) is 53.9 Å². The molecule has 3 aromatic rings. The Morgan fingerprint density at radius 2 is 1.96 bits per heavy atom. The van der Waals surface area contributed by atoms with Gasteiger partial charge in [0.15, 0.2) is 0 Å². The van der Waals surface area contributed by atoms with Crippen LogP contribution in [0, 0.1) is 0 Å². The van der Waals surface area contributed by atoms with Crippen molar-refractivity contribution in [3.8, 4) is 0 Å². The molecule has 0 fully saturated rings. The van der Waals surface area contributed by atoms with E-state index in [0.29, 0.717) is 24.7 Å². The van der Waals surface area contributed by atoms with Gasteiger partial charge < -0.3 is 14.6 Å². The number of thiophene rings is 1. The van der Waals surface area contributed by atoms with Crippen molar-refractivity contribution in [3.63, 3.8) is 0 Å². The lowest BCUT2D eigenvalue weighted by molar-refractivity contribution is 0.187. The number of amides is 2. The van der Waals surface area contributed by atoms with Gasteiger partial charge in [0.05, 0.1) is 19.4 Å². The van der Waals surface area contributed by atoms with Crippen molar-refractivity contribution in [2.75, 3.05) is 0 Å². The fraction of sp³-hybridized carbons (Fsp3) is 0.167. The Kier molecular flexibility index (Phi) is 5.56. The van der Waals surface area contributed by atoms with Gasteiger partial charge >= 0.3 is 6.03 Å². The van der Waals surface area contributed by atoms with Crippen molar-refractivity contribution < 1.29 is 9.21 Å². The summed E-state index contributed by atoms with van der Waals surface area (Å²) in [5.41, 5.74) is 1.00. The number of benzene rings is 1. The first-order valence-corrected chi connectivity index (χ1v) is 8.78. The van der Waals surface area contributed by atoms with Crippen LogP contribution >= 0.6 is 22.9 Å². The van der Waals surface area contributed by atoms with E-state index in [1.165, 1.54) is 0 Å². The van der Waals surface area contributed by atoms with Crippen molar-refractivity contribution in [1.82, 2.24) is 10.2 Å². The van der Waals surface area contributed by atoms with E-state index < -0.39 is 0 Å². The molecule has 4 nitrogen and oxygen atoms in total. The number of nitrogens with one attached hydrogen (secondary N) is 1. The second-order valence-corrected chi connectivity index (χ2v) is 6.77. The number of hydrogen-bond acceptors (Lipinski definition) is 3. The average Bonchev–Trinajstić information content (AvgIpc) is 3.27. The first-order chi connectivity index (χ1) is 11.7. The molecule has 2 amide bonds. The van der Waals surface area contributed by atoms with Crippen LogP contribution in [0.3, 0.4) is 0 Å². The van der Waals surface area contributed by atoms with Crippen molar-refractivity contribution in [2.24, 2.45) is 0 Å². The third-order valence-electron chi connectivity index (χ3n) is 3.50. The highest BCUT2D eigenvalue weighted by Crippen LogP contribution is 2.15. The molecule has 0 saturated heterocycles. The van der Waals surface area contributed by atoms with Crippen LogP contribution in [-0.2, 0) is 19.6 Å². The molecule has 2 heterocycles. The summed E-state index contributed by atoms with van der Waals surface area (Å²) in [4.78, 5) is 15.5. The van der Waals surface area contributed by atoms with Crippen molar-refractivity contribution in [1.29, 1.82) is 0 Å². The number of furan rings is 1. The lowest BCUT2D eigenvalue weighted by Gasteiger charge is -2.21. The van der Waals surface area contributed by atoms with Gasteiger partial charge in [-0.2, -0.15) is 0 Å². The smallest absolute Gasteiger partial charge is 0.318 e. The molecule has 24 heavy (non-hydrogen) atoms. The quantitative estimate of drug-likeness (QED) is 0.679. The predicted molar refractivity (Wildman–Crippen MR) is 96.0 cm³/mol. The van der Waals surface area contributed by atoms with Crippen LogP contribution in [0.4, 0.5) is 4.79 Å². The molecular formula is C18H17ClN2O2S. The van der Waals surface area contributed by atoms with Crippen LogP contribution in [-0.4, -0.2) is 10.9 Å². The number of hydrogen-bond donors (Lipinski definition) is 1. The van der Waals surface area contributed by atoms with Crippen LogP contribution in [0.15, 0.2) is 64.6 Å². The van der Waals surface area contributed by atoms with Gasteiger partial charge in [-0.15, -0.1) is 11.3 Å². The summed E-state index contributed by atoms with van der Waals surface area (Å²) in [5, 5.41) is 5.64. The van der Waals surface area contributed by atoms with Gasteiger partial charge in [-0.05, 0) is 41.3 Å². The lowest BCUT2D eigenvalue weighted by atomic mass is 10.2. The zero-order valence-corrected chi connectivity index (χ0v) is 14.5. The molecule has 0 aliphatic carbocycles. The highest BCUT2D eigenvalue weighted by molar-refractivity contribution is 7.09. The van der Waals surface area contributed by atoms with Crippen LogP contribution < -0.4 is 5.32 Å². The highest BCUT2D eigenvalue weighted by Gasteiger charge is 2.16. The molecule has 6 heteroatoms. The van der Waals surface area contributed by atoms with Gasteiger partial charge in [-0.25, -0.2) is 4.79 Å². The molecule has 0 spiro atoms. The van der Waals surface area contributed by atoms with E-state index in [1.54, 1.807) is 22.5 Å². The van der Waals surface area contributed by atoms with Crippen LogP contribution in [0.2, 0.25) is 5.02 Å². The van der Waals surface area contributed by atoms with Gasteiger partial charge in [-0.3, -0.25) is 0 Å². The fourth-order valence-electron chi connectivity index (χ4n) is 2.27. The summed E-state index contributed by atoms with van der Waals surface area (Å²) in [5.74, 6) is 0.758. The van der Waals surface area contributed by atoms with Gasteiger partial charge in [0.25, 0.3) is 0 Å². The van der Waals surface area contributed by atoms with E-state index in [2.05, 4.69) is 5.32 Å². The molecule has 0 unspecified atom stereocenters. The monoisotopic (exact) mass is 360 g/mol. The molecule has 2 aromatic heterocycles. The van der Waals surface area contributed by atoms with E-state index in [0.717, 1.165) is 16.2 Å². The minimum atomic E-state index is -0.130. The fourth-order valence-corrected chi connectivity index (χ4v) is 3.12. The maximum Gasteiger partial charge on any atom is 0.318 e. The summed E-state index contributed by atoms with van der Waals surface area (Å²) in [6.07, 6.45) is 1.62. The summed E-state index contributed by atoms with van der Waals surface area (Å²) in [7, 11) is 0. The second kappa shape index (κ2) is 8.04. The Balaban J connectivity index is 1.64. The normalized spacial score (nSPS) is 10.5. The Labute approximate surface area is 149 Å². The molecule has 1 aromatic carbocycles. The zero-order valence-electron chi connectivity index (χ0n) is 12.9. The molecule has 0 aliphatic heterocycles. The summed E-state index contributed by atoms with van der Waals surface area (Å²) in [6, 6.07) is 15.0. The summed E-state index contributed by atoms with van der Waals surface area (Å²) >= 11 is 7.51. The Hall–Kier alpha value is -2.24. The summed E-state index contributed by atoms with van der Waals surface area (Å²) in [6.45, 7) is 1.43. The average molecular weight is 361 g/mol. The zero-order chi connectivity index (χ0) is 16.8. The molecule has 0 aliphatic rings. The van der Waals surface area contributed by atoms with E-state index >= 15 is 0 Å². The standard InChI is InChI=1S/C18H17ClN2O2S/c19-15-7-5-14(6-8-15)11-20-18(22)21(12-16-3-1-9-23-16)13-17-4-2-10-24-17/h1-10H,11-13H2,(H,20,22). The molecular weight excluding hydrogens is 344 g/mol. The Morgan fingerprint density at radius 1 is 1.12 bits per heavy atom. The molecule has 1 N–H and O–H groups in total. The van der Waals surface area contributed by atoms with Crippen molar-refractivity contribution in [3.05, 3.63) is 81.4 Å². The predicted octanol–water partition coefficient (Wildman–Crippen LogP) is 4.91. The number of carbonyl (C=O) groups excluding carboxylic acids is 1. The van der Waals surface area contributed by atoms with Crippen LogP contribution in [0.1, 0.15) is 16.2 Å². The van der Waals surface area contributed by atoms with Crippen molar-refractivity contribution in [2.45, 2.75) is 19.6 Å². The van der Waals surface area contributed by atoms with E-state index in [-0.39, 0.29) is 6.03 Å². The van der Waals surface area contributed by atoms with Gasteiger partial charge in [-0.1, -0.05) is 29.8 Å². The number of carbonyl (C=O) groups is 1. The SMILES string of the molecule is O=C(NCc1ccc(Cl)cc1)N(Cc1ccco1)Cc1cccs1. The molecule has 0 radical (unpaired) electrons. The van der Waals surface area contributed by atoms with Crippen LogP contribution in [0.25, 0.3) is 0 Å². The van der Waals surface area contributed by atoms with Gasteiger partial charge in [0.2, 0.25) is 0 Å². The molecule has 124 valence electrons. The maximum atomic E-state index is 12.6. The van der Waals surface area contributed by atoms with Gasteiger partial charge in [0.1, 0.15) is 5.76 Å². The third kappa shape index (κ3) is 4.63. The minimum absolute atomic E-state index is 0.130. The molecule has 3 rings (SSSR count). The first kappa shape index (κ1) is 16.6. The Bertz CT molecular complexity index is 719. The number of rotatable bonds is 6. The van der Waals surface area contributed by atoms with E-state index in [9.17, 15) is 4.79 Å². The minimum Gasteiger partial charge on any atom is -0.467 e. The van der Waals surface area contributed by atoms with Gasteiger partial charge in [0, 0.05) is 16.4 Å². The Morgan fingerprint density at radius 3 is 2.62 bits per heavy atom. The topological polar surface area (TPSA) is 45.5 Å².